The second kappa shape index (κ2) is 5.10. The van der Waals surface area contributed by atoms with E-state index in [-0.39, 0.29) is 0 Å². The van der Waals surface area contributed by atoms with Crippen LogP contribution in [0.1, 0.15) is 19.8 Å². The van der Waals surface area contributed by atoms with Gasteiger partial charge in [-0.15, -0.1) is 0 Å². The molecular weight excluding hydrogens is 206 g/mol. The minimum atomic E-state index is 0.372. The lowest BCUT2D eigenvalue weighted by molar-refractivity contribution is 0.474. The van der Waals surface area contributed by atoms with Gasteiger partial charge in [0.15, 0.2) is 5.96 Å². The average Bonchev–Trinajstić information content (AvgIpc) is 2.51. The molecule has 15 heavy (non-hydrogen) atoms. The Kier molecular flexibility index (Phi) is 4.32. The van der Waals surface area contributed by atoms with Gasteiger partial charge in [-0.05, 0) is 25.5 Å². The zero-order valence-corrected chi connectivity index (χ0v) is 11.4. The van der Waals surface area contributed by atoms with Crippen molar-refractivity contribution in [3.05, 3.63) is 0 Å². The second-order valence-electron chi connectivity index (χ2n) is 4.81. The highest BCUT2D eigenvalue weighted by molar-refractivity contribution is 8.00. The van der Waals surface area contributed by atoms with E-state index in [4.69, 9.17) is 4.99 Å². The molecular formula is C11H23N3S. The molecule has 0 aliphatic carbocycles. The molecule has 1 saturated heterocycles. The molecule has 0 aromatic heterocycles. The number of aliphatic imine (C=N–C) groups is 1. The Hall–Kier alpha value is -0.380. The minimum absolute atomic E-state index is 0.372. The Bertz CT molecular complexity index is 220. The van der Waals surface area contributed by atoms with E-state index in [2.05, 4.69) is 28.5 Å². The summed E-state index contributed by atoms with van der Waals surface area (Å²) >= 11 is 2.07. The van der Waals surface area contributed by atoms with Gasteiger partial charge in [0.1, 0.15) is 0 Å². The van der Waals surface area contributed by atoms with Crippen molar-refractivity contribution in [3.63, 3.8) is 0 Å². The molecule has 1 unspecified atom stereocenters. The lowest BCUT2D eigenvalue weighted by atomic mass is 10.1. The summed E-state index contributed by atoms with van der Waals surface area (Å²) in [6.45, 7) is 3.26. The molecule has 3 nitrogen and oxygen atoms in total. The average molecular weight is 229 g/mol. The summed E-state index contributed by atoms with van der Waals surface area (Å²) in [7, 11) is 8.18. The molecule has 0 bridgehead atoms. The van der Waals surface area contributed by atoms with Gasteiger partial charge in [0.2, 0.25) is 0 Å². The number of nitrogens with zero attached hydrogens (tertiary/aromatic N) is 3. The lowest BCUT2D eigenvalue weighted by Gasteiger charge is -2.26. The highest BCUT2D eigenvalue weighted by atomic mass is 32.2. The third kappa shape index (κ3) is 3.59. The number of hydrogen-bond acceptors (Lipinski definition) is 2. The molecule has 0 N–H and O–H groups in total. The molecule has 0 radical (unpaired) electrons. The molecule has 0 aromatic rings. The summed E-state index contributed by atoms with van der Waals surface area (Å²) in [5.41, 5.74) is 0. The van der Waals surface area contributed by atoms with Gasteiger partial charge < -0.3 is 9.80 Å². The van der Waals surface area contributed by atoms with Crippen LogP contribution in [0, 0.1) is 0 Å². The lowest BCUT2D eigenvalue weighted by Crippen LogP contribution is -2.36. The van der Waals surface area contributed by atoms with Gasteiger partial charge in [-0.25, -0.2) is 0 Å². The number of thioether (sulfide) groups is 1. The van der Waals surface area contributed by atoms with Crippen LogP contribution in [0.25, 0.3) is 0 Å². The molecule has 0 aromatic carbocycles. The second-order valence-corrected chi connectivity index (χ2v) is 6.49. The molecule has 1 atom stereocenters. The fourth-order valence-corrected chi connectivity index (χ4v) is 3.11. The molecule has 88 valence electrons. The van der Waals surface area contributed by atoms with Crippen molar-refractivity contribution in [2.24, 2.45) is 4.99 Å². The van der Waals surface area contributed by atoms with Gasteiger partial charge in [0.05, 0.1) is 6.54 Å². The van der Waals surface area contributed by atoms with Crippen LogP contribution in [0.2, 0.25) is 0 Å². The summed E-state index contributed by atoms with van der Waals surface area (Å²) in [5, 5.41) is 0. The molecule has 1 rings (SSSR count). The van der Waals surface area contributed by atoms with E-state index in [1.54, 1.807) is 0 Å². The maximum atomic E-state index is 4.72. The number of guanidine groups is 1. The van der Waals surface area contributed by atoms with Gasteiger partial charge in [0.25, 0.3) is 0 Å². The monoisotopic (exact) mass is 229 g/mol. The van der Waals surface area contributed by atoms with Gasteiger partial charge in [-0.2, -0.15) is 11.8 Å². The summed E-state index contributed by atoms with van der Waals surface area (Å²) in [4.78, 5) is 8.87. The zero-order chi connectivity index (χ0) is 11.5. The normalized spacial score (nSPS) is 25.1. The zero-order valence-electron chi connectivity index (χ0n) is 10.6. The number of rotatable bonds is 2. The maximum absolute atomic E-state index is 4.72. The van der Waals surface area contributed by atoms with E-state index in [9.17, 15) is 0 Å². The largest absolute Gasteiger partial charge is 0.349 e. The Morgan fingerprint density at radius 2 is 1.87 bits per heavy atom. The fourth-order valence-electron chi connectivity index (χ4n) is 1.88. The van der Waals surface area contributed by atoms with E-state index in [0.717, 1.165) is 12.5 Å². The molecule has 1 aliphatic heterocycles. The smallest absolute Gasteiger partial charge is 0.195 e. The van der Waals surface area contributed by atoms with E-state index in [1.165, 1.54) is 18.6 Å². The van der Waals surface area contributed by atoms with E-state index < -0.39 is 0 Å². The molecule has 4 heteroatoms. The van der Waals surface area contributed by atoms with Crippen LogP contribution in [0.5, 0.6) is 0 Å². The molecule has 1 fully saturated rings. The van der Waals surface area contributed by atoms with Crippen LogP contribution in [-0.2, 0) is 0 Å². The first-order valence-corrected chi connectivity index (χ1v) is 6.46. The van der Waals surface area contributed by atoms with Crippen molar-refractivity contribution in [2.75, 3.05) is 40.5 Å². The SMILES string of the molecule is CN(C)C(=NCC1(C)CCCS1)N(C)C. The summed E-state index contributed by atoms with van der Waals surface area (Å²) in [6, 6.07) is 0. The fraction of sp³-hybridized carbons (Fsp3) is 0.909. The third-order valence-electron chi connectivity index (χ3n) is 2.66. The Morgan fingerprint density at radius 3 is 2.27 bits per heavy atom. The first-order valence-electron chi connectivity index (χ1n) is 5.48. The van der Waals surface area contributed by atoms with Gasteiger partial charge in [-0.3, -0.25) is 4.99 Å². The summed E-state index contributed by atoms with van der Waals surface area (Å²) in [6.07, 6.45) is 2.64. The van der Waals surface area contributed by atoms with E-state index >= 15 is 0 Å². The Morgan fingerprint density at radius 1 is 1.27 bits per heavy atom. The molecule has 0 spiro atoms. The molecule has 1 aliphatic rings. The molecule has 1 heterocycles. The molecule has 0 amide bonds. The van der Waals surface area contributed by atoms with Crippen LogP contribution in [0.4, 0.5) is 0 Å². The van der Waals surface area contributed by atoms with Crippen molar-refractivity contribution < 1.29 is 0 Å². The Labute approximate surface area is 97.9 Å². The van der Waals surface area contributed by atoms with Crippen molar-refractivity contribution in [2.45, 2.75) is 24.5 Å². The van der Waals surface area contributed by atoms with Crippen LogP contribution in [-0.4, -0.2) is 61.0 Å². The first-order chi connectivity index (χ1) is 6.94. The van der Waals surface area contributed by atoms with Crippen molar-refractivity contribution in [1.29, 1.82) is 0 Å². The topological polar surface area (TPSA) is 18.8 Å². The van der Waals surface area contributed by atoms with E-state index in [1.807, 2.05) is 28.2 Å². The third-order valence-corrected chi connectivity index (χ3v) is 4.18. The van der Waals surface area contributed by atoms with Crippen LogP contribution in [0.15, 0.2) is 4.99 Å². The van der Waals surface area contributed by atoms with Crippen molar-refractivity contribution >= 4 is 17.7 Å². The van der Waals surface area contributed by atoms with Crippen LogP contribution >= 0.6 is 11.8 Å². The van der Waals surface area contributed by atoms with Gasteiger partial charge in [0, 0.05) is 32.9 Å². The van der Waals surface area contributed by atoms with Crippen molar-refractivity contribution in [3.8, 4) is 0 Å². The van der Waals surface area contributed by atoms with Crippen molar-refractivity contribution in [1.82, 2.24) is 9.80 Å². The number of hydrogen-bond donors (Lipinski definition) is 0. The highest BCUT2D eigenvalue weighted by Gasteiger charge is 2.29. The minimum Gasteiger partial charge on any atom is -0.349 e. The predicted molar refractivity (Wildman–Crippen MR) is 69.8 cm³/mol. The predicted octanol–water partition coefficient (Wildman–Crippen LogP) is 1.75. The van der Waals surface area contributed by atoms with Gasteiger partial charge >= 0.3 is 0 Å². The summed E-state index contributed by atoms with van der Waals surface area (Å²) in [5.74, 6) is 2.36. The van der Waals surface area contributed by atoms with E-state index in [0.29, 0.717) is 4.75 Å². The van der Waals surface area contributed by atoms with Crippen LogP contribution in [0.3, 0.4) is 0 Å². The maximum Gasteiger partial charge on any atom is 0.195 e. The van der Waals surface area contributed by atoms with Gasteiger partial charge in [-0.1, -0.05) is 0 Å². The first kappa shape index (κ1) is 12.7. The highest BCUT2D eigenvalue weighted by Crippen LogP contribution is 2.37. The Balaban J connectivity index is 2.60. The summed E-state index contributed by atoms with van der Waals surface area (Å²) < 4.78 is 0.372. The molecule has 0 saturated carbocycles. The quantitative estimate of drug-likeness (QED) is 0.531. The standard InChI is InChI=1S/C11H23N3S/c1-11(7-6-8-15-11)9-12-10(13(2)3)14(4)5/h6-9H2,1-5H3. The van der Waals surface area contributed by atoms with Crippen LogP contribution < -0.4 is 0 Å².